The van der Waals surface area contributed by atoms with Crippen LogP contribution in [0.1, 0.15) is 97.3 Å². The highest BCUT2D eigenvalue weighted by molar-refractivity contribution is 5.69. The summed E-state index contributed by atoms with van der Waals surface area (Å²) in [6.45, 7) is 3.16. The lowest BCUT2D eigenvalue weighted by Crippen LogP contribution is -2.47. The van der Waals surface area contributed by atoms with Crippen LogP contribution in [0.25, 0.3) is 0 Å². The van der Waals surface area contributed by atoms with Crippen LogP contribution in [0.5, 0.6) is 0 Å². The summed E-state index contributed by atoms with van der Waals surface area (Å²) in [5, 5.41) is 47.4. The second-order valence-corrected chi connectivity index (χ2v) is 8.46. The largest absolute Gasteiger partial charge is 0.463 e. The van der Waals surface area contributed by atoms with E-state index in [-0.39, 0.29) is 12.3 Å². The van der Waals surface area contributed by atoms with Crippen molar-refractivity contribution in [3.63, 3.8) is 0 Å². The molecule has 0 aliphatic rings. The van der Waals surface area contributed by atoms with Crippen molar-refractivity contribution in [2.24, 2.45) is 5.92 Å². The van der Waals surface area contributed by atoms with Gasteiger partial charge in [-0.25, -0.2) is 0 Å². The maximum absolute atomic E-state index is 12.2. The van der Waals surface area contributed by atoms with E-state index in [1.54, 1.807) is 0 Å². The van der Waals surface area contributed by atoms with Crippen molar-refractivity contribution >= 4 is 5.97 Å². The van der Waals surface area contributed by atoms with Crippen molar-refractivity contribution in [2.75, 3.05) is 13.2 Å². The minimum absolute atomic E-state index is 0.254. The molecule has 0 saturated carbocycles. The van der Waals surface area contributed by atoms with Gasteiger partial charge in [-0.15, -0.1) is 0 Å². The first-order valence-electron chi connectivity index (χ1n) is 11.9. The molecule has 0 fully saturated rings. The molecule has 0 rings (SSSR count). The molecule has 5 N–H and O–H groups in total. The van der Waals surface area contributed by atoms with Crippen molar-refractivity contribution in [1.82, 2.24) is 0 Å². The molecule has 0 aliphatic carbocycles. The van der Waals surface area contributed by atoms with Gasteiger partial charge >= 0.3 is 5.97 Å². The molecule has 0 radical (unpaired) electrons. The molecule has 0 aromatic rings. The molecular formula is C23H46O7. The molecule has 0 aliphatic heterocycles. The van der Waals surface area contributed by atoms with E-state index in [1.165, 1.54) is 44.9 Å². The molecule has 0 aromatic carbocycles. The van der Waals surface area contributed by atoms with E-state index in [1.807, 2.05) is 0 Å². The second kappa shape index (κ2) is 19.0. The molecule has 30 heavy (non-hydrogen) atoms. The van der Waals surface area contributed by atoms with E-state index in [4.69, 9.17) is 9.84 Å². The summed E-state index contributed by atoms with van der Waals surface area (Å²) in [5.74, 6) is -0.172. The summed E-state index contributed by atoms with van der Waals surface area (Å²) >= 11 is 0. The van der Waals surface area contributed by atoms with Crippen LogP contribution < -0.4 is 0 Å². The first-order valence-corrected chi connectivity index (χ1v) is 11.9. The molecule has 0 saturated heterocycles. The quantitative estimate of drug-likeness (QED) is 0.147. The van der Waals surface area contributed by atoms with Crippen LogP contribution in [0, 0.1) is 5.92 Å². The van der Waals surface area contributed by atoms with Gasteiger partial charge in [0, 0.05) is 6.42 Å². The first kappa shape index (κ1) is 29.3. The molecule has 7 heteroatoms. The number of carbonyl (C=O) groups excluding carboxylic acids is 1. The molecule has 0 heterocycles. The number of aliphatic hydroxyl groups is 5. The Morgan fingerprint density at radius 1 is 0.733 bits per heavy atom. The van der Waals surface area contributed by atoms with E-state index in [9.17, 15) is 25.2 Å². The molecule has 0 aromatic heterocycles. The Labute approximate surface area is 182 Å². The summed E-state index contributed by atoms with van der Waals surface area (Å²) in [5.41, 5.74) is 0. The maximum Gasteiger partial charge on any atom is 0.306 e. The Morgan fingerprint density at radius 3 is 1.73 bits per heavy atom. The Hall–Kier alpha value is -0.730. The first-order chi connectivity index (χ1) is 14.4. The SMILES string of the molecule is CCCCCCCCC(CCCCCC)CC(=O)OC[C@@H](O)[C@@H](O)[C@H](O)[C@H](O)CO. The third-order valence-electron chi connectivity index (χ3n) is 5.63. The number of carbonyl (C=O) groups is 1. The second-order valence-electron chi connectivity index (χ2n) is 8.46. The van der Waals surface area contributed by atoms with Crippen LogP contribution in [0.4, 0.5) is 0 Å². The number of esters is 1. The van der Waals surface area contributed by atoms with Gasteiger partial charge in [0.15, 0.2) is 0 Å². The lowest BCUT2D eigenvalue weighted by molar-refractivity contribution is -0.157. The standard InChI is InChI=1S/C23H46O7/c1-3-5-7-9-10-12-14-18(13-11-8-6-4-2)15-21(27)30-17-20(26)23(29)22(28)19(25)16-24/h18-20,22-26,28-29H,3-17H2,1-2H3/t18?,19-,20-,22-,23-/m1/s1. The Morgan fingerprint density at radius 2 is 1.20 bits per heavy atom. The van der Waals surface area contributed by atoms with E-state index in [2.05, 4.69) is 13.8 Å². The van der Waals surface area contributed by atoms with Crippen LogP contribution in [-0.4, -0.2) is 69.1 Å². The van der Waals surface area contributed by atoms with E-state index in [0.29, 0.717) is 0 Å². The fourth-order valence-corrected chi connectivity index (χ4v) is 3.56. The normalized spacial score (nSPS) is 16.6. The van der Waals surface area contributed by atoms with Gasteiger partial charge in [0.05, 0.1) is 6.61 Å². The van der Waals surface area contributed by atoms with Gasteiger partial charge in [0.25, 0.3) is 0 Å². The summed E-state index contributed by atoms with van der Waals surface area (Å²) < 4.78 is 5.10. The molecule has 7 nitrogen and oxygen atoms in total. The van der Waals surface area contributed by atoms with Gasteiger partial charge in [0.1, 0.15) is 31.0 Å². The highest BCUT2D eigenvalue weighted by Gasteiger charge is 2.30. The molecule has 0 bridgehead atoms. The Balaban J connectivity index is 4.38. The number of aliphatic hydroxyl groups excluding tert-OH is 5. The zero-order valence-corrected chi connectivity index (χ0v) is 19.0. The van der Waals surface area contributed by atoms with Crippen molar-refractivity contribution < 1.29 is 35.1 Å². The topological polar surface area (TPSA) is 127 Å². The van der Waals surface area contributed by atoms with E-state index >= 15 is 0 Å². The number of unbranched alkanes of at least 4 members (excludes halogenated alkanes) is 8. The smallest absolute Gasteiger partial charge is 0.306 e. The fraction of sp³-hybridized carbons (Fsp3) is 0.957. The van der Waals surface area contributed by atoms with Gasteiger partial charge in [0.2, 0.25) is 0 Å². The third kappa shape index (κ3) is 14.3. The van der Waals surface area contributed by atoms with Gasteiger partial charge in [-0.1, -0.05) is 78.1 Å². The van der Waals surface area contributed by atoms with Gasteiger partial charge in [-0.2, -0.15) is 0 Å². The van der Waals surface area contributed by atoms with Crippen molar-refractivity contribution in [3.8, 4) is 0 Å². The lowest BCUT2D eigenvalue weighted by atomic mass is 9.91. The number of hydrogen-bond acceptors (Lipinski definition) is 7. The van der Waals surface area contributed by atoms with Gasteiger partial charge in [-0.05, 0) is 18.8 Å². The van der Waals surface area contributed by atoms with Gasteiger partial charge < -0.3 is 30.3 Å². The molecule has 5 atom stereocenters. The zero-order chi connectivity index (χ0) is 22.8. The Kier molecular flexibility index (Phi) is 18.5. The number of hydrogen-bond donors (Lipinski definition) is 5. The van der Waals surface area contributed by atoms with Crippen molar-refractivity contribution in [2.45, 2.75) is 122 Å². The highest BCUT2D eigenvalue weighted by Crippen LogP contribution is 2.22. The molecule has 1 unspecified atom stereocenters. The highest BCUT2D eigenvalue weighted by atomic mass is 16.5. The number of rotatable bonds is 20. The van der Waals surface area contributed by atoms with Crippen LogP contribution in [0.2, 0.25) is 0 Å². The van der Waals surface area contributed by atoms with E-state index in [0.717, 1.165) is 32.1 Å². The lowest BCUT2D eigenvalue weighted by Gasteiger charge is -2.25. The monoisotopic (exact) mass is 434 g/mol. The van der Waals surface area contributed by atoms with Crippen LogP contribution in [0.15, 0.2) is 0 Å². The summed E-state index contributed by atoms with van der Waals surface area (Å²) in [6, 6.07) is 0. The summed E-state index contributed by atoms with van der Waals surface area (Å²) in [6.07, 6.45) is 7.58. The third-order valence-corrected chi connectivity index (χ3v) is 5.63. The minimum Gasteiger partial charge on any atom is -0.463 e. The average Bonchev–Trinajstić information content (AvgIpc) is 2.75. The van der Waals surface area contributed by atoms with E-state index < -0.39 is 43.6 Å². The minimum atomic E-state index is -1.72. The average molecular weight is 435 g/mol. The fourth-order valence-electron chi connectivity index (χ4n) is 3.56. The molecule has 180 valence electrons. The number of ether oxygens (including phenoxy) is 1. The summed E-state index contributed by atoms with van der Waals surface area (Å²) in [4.78, 5) is 12.2. The van der Waals surface area contributed by atoms with Crippen molar-refractivity contribution in [1.29, 1.82) is 0 Å². The molecule has 0 spiro atoms. The maximum atomic E-state index is 12.2. The zero-order valence-electron chi connectivity index (χ0n) is 19.0. The molecular weight excluding hydrogens is 388 g/mol. The van der Waals surface area contributed by atoms with Crippen LogP contribution >= 0.6 is 0 Å². The van der Waals surface area contributed by atoms with Crippen molar-refractivity contribution in [3.05, 3.63) is 0 Å². The predicted octanol–water partition coefficient (Wildman–Crippen LogP) is 2.69. The van der Waals surface area contributed by atoms with Crippen LogP contribution in [0.3, 0.4) is 0 Å². The van der Waals surface area contributed by atoms with Crippen LogP contribution in [-0.2, 0) is 9.53 Å². The van der Waals surface area contributed by atoms with Gasteiger partial charge in [-0.3, -0.25) is 4.79 Å². The summed E-state index contributed by atoms with van der Waals surface area (Å²) in [7, 11) is 0. The predicted molar refractivity (Wildman–Crippen MR) is 117 cm³/mol. The Bertz CT molecular complexity index is 405. The molecule has 0 amide bonds.